The summed E-state index contributed by atoms with van der Waals surface area (Å²) in [5, 5.41) is 9.75. The number of allylic oxidation sites excluding steroid dienone is 7. The van der Waals surface area contributed by atoms with E-state index in [4.69, 9.17) is 0 Å². The van der Waals surface area contributed by atoms with Crippen LogP contribution < -0.4 is 5.11 Å². The fraction of sp³-hybridized carbons (Fsp3) is 0.250. The van der Waals surface area contributed by atoms with Crippen molar-refractivity contribution in [3.8, 4) is 0 Å². The van der Waals surface area contributed by atoms with Crippen molar-refractivity contribution in [2.24, 2.45) is 0 Å². The second kappa shape index (κ2) is 22.5. The van der Waals surface area contributed by atoms with Crippen LogP contribution >= 0.6 is 0 Å². The SMILES string of the molecule is C.C.C.O=C/C=C\C=CC=C/C=C\[O-]. The molecule has 0 unspecified atom stereocenters. The van der Waals surface area contributed by atoms with E-state index in [0.717, 1.165) is 0 Å². The van der Waals surface area contributed by atoms with E-state index < -0.39 is 0 Å². The minimum Gasteiger partial charge on any atom is -0.878 e. The molecular formula is C12H21O2-. The number of carbonyl (C=O) groups is 1. The summed E-state index contributed by atoms with van der Waals surface area (Å²) in [6, 6.07) is 0. The van der Waals surface area contributed by atoms with Gasteiger partial charge in [0.25, 0.3) is 0 Å². The van der Waals surface area contributed by atoms with Gasteiger partial charge < -0.3 is 5.11 Å². The Labute approximate surface area is 88.0 Å². The van der Waals surface area contributed by atoms with E-state index in [0.29, 0.717) is 12.5 Å². The standard InChI is InChI=1S/C9H10O2.3CH4/c10-8-6-4-2-1-3-5-7-9-11;;;/h1-10H;3*1H4/p-1/b3-1?,4-2?,7-5-,8-6-;;;. The predicted octanol–water partition coefficient (Wildman–Crippen LogP) is 2.64. The number of rotatable bonds is 4. The molecule has 0 atom stereocenters. The molecule has 0 saturated heterocycles. The van der Waals surface area contributed by atoms with Crippen molar-refractivity contribution < 1.29 is 9.90 Å². The van der Waals surface area contributed by atoms with Crippen LogP contribution in [0, 0.1) is 0 Å². The highest BCUT2D eigenvalue weighted by atomic mass is 16.2. The van der Waals surface area contributed by atoms with Crippen molar-refractivity contribution in [3.63, 3.8) is 0 Å². The summed E-state index contributed by atoms with van der Waals surface area (Å²) in [6.45, 7) is 0. The largest absolute Gasteiger partial charge is 0.878 e. The third kappa shape index (κ3) is 22.4. The fourth-order valence-electron chi connectivity index (χ4n) is 0.411. The summed E-state index contributed by atoms with van der Waals surface area (Å²) in [6.07, 6.45) is 12.5. The molecule has 0 aromatic heterocycles. The maximum Gasteiger partial charge on any atom is 0.142 e. The van der Waals surface area contributed by atoms with E-state index >= 15 is 0 Å². The number of hydrogen-bond donors (Lipinski definition) is 0. The molecule has 0 aliphatic rings. The maximum absolute atomic E-state index is 9.75. The monoisotopic (exact) mass is 197 g/mol. The second-order valence-electron chi connectivity index (χ2n) is 1.62. The average molecular weight is 197 g/mol. The minimum absolute atomic E-state index is 0. The van der Waals surface area contributed by atoms with Crippen LogP contribution in [-0.2, 0) is 4.79 Å². The summed E-state index contributed by atoms with van der Waals surface area (Å²) in [4.78, 5) is 9.75. The van der Waals surface area contributed by atoms with Crippen LogP contribution in [0.5, 0.6) is 0 Å². The molecule has 0 aromatic rings. The topological polar surface area (TPSA) is 40.1 Å². The molecule has 0 heterocycles. The third-order valence-electron chi connectivity index (χ3n) is 0.824. The molecule has 0 radical (unpaired) electrons. The third-order valence-corrected chi connectivity index (χ3v) is 0.824. The molecule has 0 amide bonds. The highest BCUT2D eigenvalue weighted by molar-refractivity contribution is 5.65. The van der Waals surface area contributed by atoms with Crippen molar-refractivity contribution in [1.82, 2.24) is 0 Å². The lowest BCUT2D eigenvalue weighted by Crippen LogP contribution is -1.81. The summed E-state index contributed by atoms with van der Waals surface area (Å²) in [7, 11) is 0. The van der Waals surface area contributed by atoms with Crippen molar-refractivity contribution in [3.05, 3.63) is 48.8 Å². The van der Waals surface area contributed by atoms with Gasteiger partial charge in [-0.1, -0.05) is 58.7 Å². The zero-order valence-electron chi connectivity index (χ0n) is 6.01. The molecule has 2 nitrogen and oxygen atoms in total. The van der Waals surface area contributed by atoms with Gasteiger partial charge in [0.2, 0.25) is 0 Å². The van der Waals surface area contributed by atoms with E-state index in [-0.39, 0.29) is 22.3 Å². The van der Waals surface area contributed by atoms with Gasteiger partial charge in [-0.15, -0.1) is 6.26 Å². The first-order valence-corrected chi connectivity index (χ1v) is 3.14. The molecule has 0 aliphatic heterocycles. The molecule has 82 valence electrons. The molecule has 0 rings (SSSR count). The Bertz CT molecular complexity index is 198. The van der Waals surface area contributed by atoms with Gasteiger partial charge in [-0.05, 0) is 6.08 Å². The quantitative estimate of drug-likeness (QED) is 0.301. The van der Waals surface area contributed by atoms with Gasteiger partial charge in [0.1, 0.15) is 6.29 Å². The van der Waals surface area contributed by atoms with Gasteiger partial charge in [-0.2, -0.15) is 0 Å². The predicted molar refractivity (Wildman–Crippen MR) is 62.8 cm³/mol. The van der Waals surface area contributed by atoms with Gasteiger partial charge in [0, 0.05) is 0 Å². The molecule has 2 heteroatoms. The van der Waals surface area contributed by atoms with Crippen LogP contribution in [0.15, 0.2) is 48.8 Å². The molecule has 0 saturated carbocycles. The lowest BCUT2D eigenvalue weighted by molar-refractivity contribution is -0.274. The Hall–Kier alpha value is -1.57. The highest BCUT2D eigenvalue weighted by Crippen LogP contribution is 1.79. The van der Waals surface area contributed by atoms with Gasteiger partial charge in [-0.25, -0.2) is 0 Å². The first-order valence-electron chi connectivity index (χ1n) is 3.14. The molecule has 0 fully saturated rings. The van der Waals surface area contributed by atoms with Crippen LogP contribution in [-0.4, -0.2) is 6.29 Å². The zero-order chi connectivity index (χ0) is 8.36. The van der Waals surface area contributed by atoms with Crippen LogP contribution in [0.2, 0.25) is 0 Å². The zero-order valence-corrected chi connectivity index (χ0v) is 6.01. The summed E-state index contributed by atoms with van der Waals surface area (Å²) in [5.41, 5.74) is 0. The molecule has 14 heavy (non-hydrogen) atoms. The van der Waals surface area contributed by atoms with Gasteiger partial charge in [-0.3, -0.25) is 4.79 Å². The van der Waals surface area contributed by atoms with E-state index in [2.05, 4.69) is 0 Å². The normalized spacial score (nSPS) is 10.0. The second-order valence-corrected chi connectivity index (χ2v) is 1.62. The Morgan fingerprint density at radius 3 is 1.36 bits per heavy atom. The number of aldehydes is 1. The Morgan fingerprint density at radius 2 is 1.00 bits per heavy atom. The van der Waals surface area contributed by atoms with Crippen molar-refractivity contribution in [2.45, 2.75) is 22.3 Å². The Kier molecular flexibility index (Phi) is 36.8. The Morgan fingerprint density at radius 1 is 0.643 bits per heavy atom. The number of hydrogen-bond acceptors (Lipinski definition) is 2. The fourth-order valence-corrected chi connectivity index (χ4v) is 0.411. The smallest absolute Gasteiger partial charge is 0.142 e. The van der Waals surface area contributed by atoms with E-state index in [1.807, 2.05) is 0 Å². The van der Waals surface area contributed by atoms with Crippen molar-refractivity contribution in [1.29, 1.82) is 0 Å². The van der Waals surface area contributed by atoms with Crippen molar-refractivity contribution >= 4 is 6.29 Å². The van der Waals surface area contributed by atoms with Gasteiger partial charge in [0.15, 0.2) is 0 Å². The first-order chi connectivity index (χ1) is 5.41. The number of carbonyl (C=O) groups excluding carboxylic acids is 1. The van der Waals surface area contributed by atoms with E-state index in [1.165, 1.54) is 12.2 Å². The van der Waals surface area contributed by atoms with Crippen LogP contribution in [0.4, 0.5) is 0 Å². The molecular weight excluding hydrogens is 176 g/mol. The maximum atomic E-state index is 9.75. The molecule has 0 bridgehead atoms. The molecule has 0 spiro atoms. The van der Waals surface area contributed by atoms with Gasteiger partial charge in [0.05, 0.1) is 0 Å². The molecule has 0 aromatic carbocycles. The molecule has 0 N–H and O–H groups in total. The van der Waals surface area contributed by atoms with E-state index in [1.54, 1.807) is 30.4 Å². The van der Waals surface area contributed by atoms with Gasteiger partial charge >= 0.3 is 0 Å². The highest BCUT2D eigenvalue weighted by Gasteiger charge is 1.60. The van der Waals surface area contributed by atoms with Crippen LogP contribution in [0.1, 0.15) is 22.3 Å². The summed E-state index contributed by atoms with van der Waals surface area (Å²) < 4.78 is 0. The molecule has 0 aliphatic carbocycles. The van der Waals surface area contributed by atoms with Crippen LogP contribution in [0.25, 0.3) is 0 Å². The van der Waals surface area contributed by atoms with E-state index in [9.17, 15) is 9.90 Å². The van der Waals surface area contributed by atoms with Crippen molar-refractivity contribution in [2.75, 3.05) is 0 Å². The lowest BCUT2D eigenvalue weighted by Gasteiger charge is -1.80. The van der Waals surface area contributed by atoms with Crippen LogP contribution in [0.3, 0.4) is 0 Å². The minimum atomic E-state index is 0. The summed E-state index contributed by atoms with van der Waals surface area (Å²) in [5.74, 6) is 0. The Balaban J connectivity index is -0.000000167. The summed E-state index contributed by atoms with van der Waals surface area (Å²) >= 11 is 0. The lowest BCUT2D eigenvalue weighted by atomic mass is 10.4. The first kappa shape index (κ1) is 22.9. The average Bonchev–Trinajstić information content (AvgIpc) is 2.03.